The van der Waals surface area contributed by atoms with Gasteiger partial charge in [-0.25, -0.2) is 4.39 Å². The Kier molecular flexibility index (Phi) is 5.15. The standard InChI is InChI=1S/C23H22FN3O/c1-16-14-19(17-5-7-20(24)8-6-17)15-22(26-16)18-9-12-27(13-10-18)23(28)21-4-2-3-11-25-21/h2-8,11,14-15,18H,9-10,12-13H2,1H3. The van der Waals surface area contributed by atoms with Gasteiger partial charge in [-0.1, -0.05) is 18.2 Å². The Hall–Kier alpha value is -3.08. The van der Waals surface area contributed by atoms with Crippen LogP contribution in [0.15, 0.2) is 60.8 Å². The van der Waals surface area contributed by atoms with E-state index < -0.39 is 0 Å². The molecule has 1 amide bonds. The topological polar surface area (TPSA) is 46.1 Å². The molecular weight excluding hydrogens is 353 g/mol. The normalized spacial score (nSPS) is 14.9. The number of piperidine rings is 1. The van der Waals surface area contributed by atoms with Crippen molar-refractivity contribution in [2.24, 2.45) is 0 Å². The number of aromatic nitrogens is 2. The number of carbonyl (C=O) groups is 1. The van der Waals surface area contributed by atoms with Gasteiger partial charge in [0, 0.05) is 36.6 Å². The highest BCUT2D eigenvalue weighted by Crippen LogP contribution is 2.31. The zero-order chi connectivity index (χ0) is 19.5. The predicted molar refractivity (Wildman–Crippen MR) is 106 cm³/mol. The van der Waals surface area contributed by atoms with Crippen LogP contribution in [0.4, 0.5) is 4.39 Å². The fraction of sp³-hybridized carbons (Fsp3) is 0.261. The van der Waals surface area contributed by atoms with Gasteiger partial charge >= 0.3 is 0 Å². The Labute approximate surface area is 164 Å². The molecule has 4 nitrogen and oxygen atoms in total. The first-order valence-corrected chi connectivity index (χ1v) is 9.55. The van der Waals surface area contributed by atoms with E-state index in [0.717, 1.165) is 35.4 Å². The molecule has 2 aromatic heterocycles. The number of likely N-dealkylation sites (tertiary alicyclic amines) is 1. The van der Waals surface area contributed by atoms with Crippen molar-refractivity contribution in [3.63, 3.8) is 0 Å². The molecule has 3 aromatic rings. The number of aryl methyl sites for hydroxylation is 1. The lowest BCUT2D eigenvalue weighted by Gasteiger charge is -2.31. The van der Waals surface area contributed by atoms with E-state index in [1.807, 2.05) is 30.0 Å². The number of nitrogens with zero attached hydrogens (tertiary/aromatic N) is 3. The van der Waals surface area contributed by atoms with Crippen molar-refractivity contribution < 1.29 is 9.18 Å². The number of hydrogen-bond donors (Lipinski definition) is 0. The van der Waals surface area contributed by atoms with Crippen LogP contribution in [0.25, 0.3) is 11.1 Å². The lowest BCUT2D eigenvalue weighted by atomic mass is 9.91. The monoisotopic (exact) mass is 375 g/mol. The summed E-state index contributed by atoms with van der Waals surface area (Å²) < 4.78 is 13.2. The second-order valence-corrected chi connectivity index (χ2v) is 7.21. The van der Waals surface area contributed by atoms with E-state index in [0.29, 0.717) is 24.7 Å². The third-order valence-corrected chi connectivity index (χ3v) is 5.24. The molecule has 0 aliphatic carbocycles. The van der Waals surface area contributed by atoms with Crippen LogP contribution in [-0.2, 0) is 0 Å². The zero-order valence-electron chi connectivity index (χ0n) is 15.8. The molecular formula is C23H22FN3O. The first-order valence-electron chi connectivity index (χ1n) is 9.55. The van der Waals surface area contributed by atoms with E-state index in [4.69, 9.17) is 4.98 Å². The second kappa shape index (κ2) is 7.89. The number of amides is 1. The minimum atomic E-state index is -0.236. The van der Waals surface area contributed by atoms with Crippen LogP contribution >= 0.6 is 0 Å². The molecule has 0 saturated carbocycles. The quantitative estimate of drug-likeness (QED) is 0.671. The van der Waals surface area contributed by atoms with Gasteiger partial charge in [0.15, 0.2) is 0 Å². The van der Waals surface area contributed by atoms with Crippen LogP contribution in [0.1, 0.15) is 40.6 Å². The third-order valence-electron chi connectivity index (χ3n) is 5.24. The number of halogens is 1. The van der Waals surface area contributed by atoms with E-state index >= 15 is 0 Å². The number of hydrogen-bond acceptors (Lipinski definition) is 3. The molecule has 0 N–H and O–H groups in total. The molecule has 0 bridgehead atoms. The molecule has 5 heteroatoms. The van der Waals surface area contributed by atoms with Crippen LogP contribution in [-0.4, -0.2) is 33.9 Å². The summed E-state index contributed by atoms with van der Waals surface area (Å²) in [6.07, 6.45) is 3.39. The number of rotatable bonds is 3. The maximum Gasteiger partial charge on any atom is 0.272 e. The van der Waals surface area contributed by atoms with Gasteiger partial charge in [0.1, 0.15) is 11.5 Å². The second-order valence-electron chi connectivity index (χ2n) is 7.21. The van der Waals surface area contributed by atoms with Crippen molar-refractivity contribution in [2.75, 3.05) is 13.1 Å². The van der Waals surface area contributed by atoms with Crippen molar-refractivity contribution in [1.29, 1.82) is 0 Å². The highest BCUT2D eigenvalue weighted by Gasteiger charge is 2.26. The van der Waals surface area contributed by atoms with Crippen molar-refractivity contribution in [1.82, 2.24) is 14.9 Å². The maximum absolute atomic E-state index is 13.2. The number of pyridine rings is 2. The molecule has 142 valence electrons. The van der Waals surface area contributed by atoms with Crippen molar-refractivity contribution in [3.8, 4) is 11.1 Å². The van der Waals surface area contributed by atoms with Gasteiger partial charge < -0.3 is 4.90 Å². The molecule has 1 aromatic carbocycles. The molecule has 0 spiro atoms. The van der Waals surface area contributed by atoms with E-state index in [9.17, 15) is 9.18 Å². The highest BCUT2D eigenvalue weighted by atomic mass is 19.1. The van der Waals surface area contributed by atoms with Crippen molar-refractivity contribution in [2.45, 2.75) is 25.7 Å². The summed E-state index contributed by atoms with van der Waals surface area (Å²) in [5.41, 5.74) is 4.52. The molecule has 4 rings (SSSR count). The Morgan fingerprint density at radius 2 is 1.79 bits per heavy atom. The number of benzene rings is 1. The van der Waals surface area contributed by atoms with Gasteiger partial charge in [-0.2, -0.15) is 0 Å². The van der Waals surface area contributed by atoms with E-state index in [-0.39, 0.29) is 11.7 Å². The van der Waals surface area contributed by atoms with Crippen LogP contribution in [0.3, 0.4) is 0 Å². The smallest absolute Gasteiger partial charge is 0.272 e. The van der Waals surface area contributed by atoms with Crippen molar-refractivity contribution >= 4 is 5.91 Å². The summed E-state index contributed by atoms with van der Waals surface area (Å²) >= 11 is 0. The van der Waals surface area contributed by atoms with E-state index in [2.05, 4.69) is 11.1 Å². The van der Waals surface area contributed by atoms with E-state index in [1.165, 1.54) is 12.1 Å². The van der Waals surface area contributed by atoms with Gasteiger partial charge in [-0.15, -0.1) is 0 Å². The molecule has 28 heavy (non-hydrogen) atoms. The summed E-state index contributed by atoms with van der Waals surface area (Å²) in [5.74, 6) is 0.0647. The predicted octanol–water partition coefficient (Wildman–Crippen LogP) is 4.61. The van der Waals surface area contributed by atoms with Crippen LogP contribution in [0.2, 0.25) is 0 Å². The Morgan fingerprint density at radius 3 is 2.46 bits per heavy atom. The van der Waals surface area contributed by atoms with E-state index in [1.54, 1.807) is 24.4 Å². The zero-order valence-corrected chi connectivity index (χ0v) is 15.8. The molecule has 1 fully saturated rings. The summed E-state index contributed by atoms with van der Waals surface area (Å²) in [4.78, 5) is 23.4. The van der Waals surface area contributed by atoms with Crippen molar-refractivity contribution in [3.05, 3.63) is 83.7 Å². The molecule has 3 heterocycles. The minimum Gasteiger partial charge on any atom is -0.337 e. The fourth-order valence-electron chi connectivity index (χ4n) is 3.74. The summed E-state index contributed by atoms with van der Waals surface area (Å²) in [6.45, 7) is 3.37. The van der Waals surface area contributed by atoms with Gasteiger partial charge in [0.25, 0.3) is 5.91 Å². The molecule has 1 aliphatic heterocycles. The van der Waals surface area contributed by atoms with Crippen LogP contribution < -0.4 is 0 Å². The minimum absolute atomic E-state index is 0.0109. The summed E-state index contributed by atoms with van der Waals surface area (Å²) in [7, 11) is 0. The van der Waals surface area contributed by atoms with Gasteiger partial charge in [0.05, 0.1) is 0 Å². The molecule has 0 unspecified atom stereocenters. The molecule has 0 atom stereocenters. The van der Waals surface area contributed by atoms with Crippen LogP contribution in [0.5, 0.6) is 0 Å². The van der Waals surface area contributed by atoms with Gasteiger partial charge in [-0.05, 0) is 67.3 Å². The Morgan fingerprint density at radius 1 is 1.04 bits per heavy atom. The van der Waals surface area contributed by atoms with Crippen LogP contribution in [0, 0.1) is 12.7 Å². The Balaban J connectivity index is 1.49. The average molecular weight is 375 g/mol. The molecule has 1 aliphatic rings. The van der Waals surface area contributed by atoms with Gasteiger partial charge in [0.2, 0.25) is 0 Å². The molecule has 1 saturated heterocycles. The Bertz CT molecular complexity index is 965. The largest absolute Gasteiger partial charge is 0.337 e. The summed E-state index contributed by atoms with van der Waals surface area (Å²) in [5, 5.41) is 0. The first kappa shape index (κ1) is 18.3. The highest BCUT2D eigenvalue weighted by molar-refractivity contribution is 5.92. The average Bonchev–Trinajstić information content (AvgIpc) is 2.74. The lowest BCUT2D eigenvalue weighted by Crippen LogP contribution is -2.38. The third kappa shape index (κ3) is 3.93. The molecule has 0 radical (unpaired) electrons. The lowest BCUT2D eigenvalue weighted by molar-refractivity contribution is 0.0706. The fourth-order valence-corrected chi connectivity index (χ4v) is 3.74. The SMILES string of the molecule is Cc1cc(-c2ccc(F)cc2)cc(C2CCN(C(=O)c3ccccn3)CC2)n1. The maximum atomic E-state index is 13.2. The summed E-state index contributed by atoms with van der Waals surface area (Å²) in [6, 6.07) is 16.1. The van der Waals surface area contributed by atoms with Gasteiger partial charge in [-0.3, -0.25) is 14.8 Å². The number of carbonyl (C=O) groups excluding carboxylic acids is 1. The first-order chi connectivity index (χ1) is 13.6.